The van der Waals surface area contributed by atoms with Gasteiger partial charge in [0.2, 0.25) is 5.91 Å². The van der Waals surface area contributed by atoms with Gasteiger partial charge in [-0.3, -0.25) is 14.5 Å². The van der Waals surface area contributed by atoms with Crippen LogP contribution in [0.2, 0.25) is 0 Å². The van der Waals surface area contributed by atoms with Gasteiger partial charge in [-0.2, -0.15) is 0 Å². The Labute approximate surface area is 193 Å². The van der Waals surface area contributed by atoms with Crippen LogP contribution in [-0.4, -0.2) is 90.6 Å². The van der Waals surface area contributed by atoms with Crippen LogP contribution in [0.15, 0.2) is 16.5 Å². The van der Waals surface area contributed by atoms with E-state index < -0.39 is 6.04 Å². The number of nitrogens with one attached hydrogen (secondary N) is 1. The number of carbonyl (C=O) groups is 2. The van der Waals surface area contributed by atoms with E-state index in [4.69, 9.17) is 9.15 Å². The van der Waals surface area contributed by atoms with Crippen LogP contribution in [0.5, 0.6) is 0 Å². The molecule has 182 valence electrons. The van der Waals surface area contributed by atoms with E-state index in [2.05, 4.69) is 29.0 Å². The summed E-state index contributed by atoms with van der Waals surface area (Å²) in [5.74, 6) is 0.639. The van der Waals surface area contributed by atoms with Gasteiger partial charge in [-0.15, -0.1) is 0 Å². The number of hydrogen-bond acceptors (Lipinski definition) is 6. The highest BCUT2D eigenvalue weighted by atomic mass is 16.5. The Morgan fingerprint density at radius 3 is 2.38 bits per heavy atom. The van der Waals surface area contributed by atoms with Crippen molar-refractivity contribution in [2.45, 2.75) is 66.1 Å². The molecule has 8 heteroatoms. The topological polar surface area (TPSA) is 78.3 Å². The van der Waals surface area contributed by atoms with Crippen molar-refractivity contribution in [3.05, 3.63) is 23.7 Å². The average Bonchev–Trinajstić information content (AvgIpc) is 3.21. The lowest BCUT2D eigenvalue weighted by atomic mass is 10.1. The Morgan fingerprint density at radius 1 is 1.12 bits per heavy atom. The van der Waals surface area contributed by atoms with Gasteiger partial charge in [0.25, 0.3) is 5.91 Å². The first-order valence-corrected chi connectivity index (χ1v) is 11.9. The number of ether oxygens (including phenoxy) is 1. The molecule has 1 atom stereocenters. The maximum atomic E-state index is 13.4. The molecule has 0 bridgehead atoms. The van der Waals surface area contributed by atoms with Crippen LogP contribution >= 0.6 is 0 Å². The molecule has 8 nitrogen and oxygen atoms in total. The summed E-state index contributed by atoms with van der Waals surface area (Å²) in [5.41, 5.74) is -0.364. The highest BCUT2D eigenvalue weighted by Gasteiger charge is 2.30. The third-order valence-electron chi connectivity index (χ3n) is 5.73. The fourth-order valence-electron chi connectivity index (χ4n) is 3.79. The van der Waals surface area contributed by atoms with Gasteiger partial charge in [-0.25, -0.2) is 0 Å². The standard InChI is InChI=1S/C24H42N4O4/c1-7-26(8-2)12-9-13-28(19(3)22(29)25-24(4,5)6)23(30)21-11-10-20(32-21)18-27-14-16-31-17-15-27/h10-11,19H,7-9,12-18H2,1-6H3,(H,25,29). The molecule has 1 aliphatic rings. The molecule has 0 radical (unpaired) electrons. The molecule has 2 heterocycles. The smallest absolute Gasteiger partial charge is 0.290 e. The molecule has 0 saturated carbocycles. The maximum Gasteiger partial charge on any atom is 0.290 e. The van der Waals surface area contributed by atoms with Gasteiger partial charge in [0.05, 0.1) is 19.8 Å². The second kappa shape index (κ2) is 12.4. The van der Waals surface area contributed by atoms with Crippen molar-refractivity contribution < 1.29 is 18.7 Å². The summed E-state index contributed by atoms with van der Waals surface area (Å²) in [6, 6.07) is 2.99. The van der Waals surface area contributed by atoms with Gasteiger partial charge >= 0.3 is 0 Å². The monoisotopic (exact) mass is 450 g/mol. The molecule has 2 amide bonds. The van der Waals surface area contributed by atoms with E-state index >= 15 is 0 Å². The number of furan rings is 1. The van der Waals surface area contributed by atoms with Crippen molar-refractivity contribution >= 4 is 11.8 Å². The average molecular weight is 451 g/mol. The van der Waals surface area contributed by atoms with Crippen molar-refractivity contribution in [2.24, 2.45) is 0 Å². The summed E-state index contributed by atoms with van der Waals surface area (Å²) in [6.45, 7) is 19.0. The first-order chi connectivity index (χ1) is 15.1. The predicted molar refractivity (Wildman–Crippen MR) is 126 cm³/mol. The highest BCUT2D eigenvalue weighted by molar-refractivity contribution is 5.95. The first kappa shape index (κ1) is 26.4. The van der Waals surface area contributed by atoms with E-state index in [-0.39, 0.29) is 23.1 Å². The van der Waals surface area contributed by atoms with Crippen LogP contribution in [0.4, 0.5) is 0 Å². The first-order valence-electron chi connectivity index (χ1n) is 11.9. The van der Waals surface area contributed by atoms with Crippen LogP contribution < -0.4 is 5.32 Å². The number of carbonyl (C=O) groups excluding carboxylic acids is 2. The molecule has 1 aromatic rings. The number of hydrogen-bond donors (Lipinski definition) is 1. The van der Waals surface area contributed by atoms with Crippen molar-refractivity contribution in [3.63, 3.8) is 0 Å². The number of amides is 2. The van der Waals surface area contributed by atoms with Crippen LogP contribution in [0, 0.1) is 0 Å². The van der Waals surface area contributed by atoms with Crippen molar-refractivity contribution in [1.29, 1.82) is 0 Å². The zero-order valence-electron chi connectivity index (χ0n) is 20.8. The number of morpholine rings is 1. The van der Waals surface area contributed by atoms with E-state index in [1.807, 2.05) is 26.8 Å². The Balaban J connectivity index is 2.10. The maximum absolute atomic E-state index is 13.4. The lowest BCUT2D eigenvalue weighted by Gasteiger charge is -2.31. The van der Waals surface area contributed by atoms with Crippen LogP contribution in [-0.2, 0) is 16.1 Å². The van der Waals surface area contributed by atoms with E-state index in [0.717, 1.165) is 44.9 Å². The fourth-order valence-corrected chi connectivity index (χ4v) is 3.79. The molecule has 1 saturated heterocycles. The van der Waals surface area contributed by atoms with Crippen molar-refractivity contribution in [1.82, 2.24) is 20.0 Å². The molecule has 2 rings (SSSR count). The molecule has 1 fully saturated rings. The van der Waals surface area contributed by atoms with Gasteiger partial charge in [0.1, 0.15) is 11.8 Å². The summed E-state index contributed by atoms with van der Waals surface area (Å²) in [6.07, 6.45) is 0.794. The summed E-state index contributed by atoms with van der Waals surface area (Å²) in [4.78, 5) is 32.4. The third-order valence-corrected chi connectivity index (χ3v) is 5.73. The van der Waals surface area contributed by atoms with Crippen molar-refractivity contribution in [3.8, 4) is 0 Å². The number of nitrogens with zero attached hydrogens (tertiary/aromatic N) is 3. The molecule has 1 N–H and O–H groups in total. The van der Waals surface area contributed by atoms with Crippen LogP contribution in [0.25, 0.3) is 0 Å². The normalized spacial score (nSPS) is 16.2. The number of rotatable bonds is 11. The van der Waals surface area contributed by atoms with Crippen molar-refractivity contribution in [2.75, 3.05) is 52.5 Å². The predicted octanol–water partition coefficient (Wildman–Crippen LogP) is 2.59. The van der Waals surface area contributed by atoms with E-state index in [9.17, 15) is 9.59 Å². The zero-order valence-corrected chi connectivity index (χ0v) is 20.8. The minimum absolute atomic E-state index is 0.159. The van der Waals surface area contributed by atoms with E-state index in [1.165, 1.54) is 0 Å². The van der Waals surface area contributed by atoms with E-state index in [0.29, 0.717) is 26.3 Å². The van der Waals surface area contributed by atoms with Crippen LogP contribution in [0.1, 0.15) is 64.3 Å². The minimum Gasteiger partial charge on any atom is -0.455 e. The molecular formula is C24H42N4O4. The lowest BCUT2D eigenvalue weighted by Crippen LogP contribution is -2.53. The van der Waals surface area contributed by atoms with Gasteiger partial charge < -0.3 is 24.3 Å². The molecule has 1 aliphatic heterocycles. The zero-order chi connectivity index (χ0) is 23.7. The van der Waals surface area contributed by atoms with E-state index in [1.54, 1.807) is 17.9 Å². The Hall–Kier alpha value is -1.90. The summed E-state index contributed by atoms with van der Waals surface area (Å²) >= 11 is 0. The molecule has 0 aliphatic carbocycles. The van der Waals surface area contributed by atoms with Gasteiger partial charge in [0.15, 0.2) is 5.76 Å². The van der Waals surface area contributed by atoms with Crippen LogP contribution in [0.3, 0.4) is 0 Å². The SMILES string of the molecule is CCN(CC)CCCN(C(=O)c1ccc(CN2CCOCC2)o1)C(C)C(=O)NC(C)(C)C. The Kier molecular flexibility index (Phi) is 10.2. The second-order valence-electron chi connectivity index (χ2n) is 9.45. The Morgan fingerprint density at radius 2 is 1.78 bits per heavy atom. The molecule has 1 aromatic heterocycles. The largest absolute Gasteiger partial charge is 0.455 e. The minimum atomic E-state index is -0.591. The Bertz CT molecular complexity index is 718. The van der Waals surface area contributed by atoms with Gasteiger partial charge in [-0.1, -0.05) is 13.8 Å². The molecular weight excluding hydrogens is 408 g/mol. The third kappa shape index (κ3) is 8.22. The lowest BCUT2D eigenvalue weighted by molar-refractivity contribution is -0.126. The molecule has 0 spiro atoms. The quantitative estimate of drug-likeness (QED) is 0.558. The van der Waals surface area contributed by atoms with Gasteiger partial charge in [-0.05, 0) is 65.9 Å². The molecule has 32 heavy (non-hydrogen) atoms. The summed E-state index contributed by atoms with van der Waals surface area (Å²) in [7, 11) is 0. The second-order valence-corrected chi connectivity index (χ2v) is 9.45. The summed E-state index contributed by atoms with van der Waals surface area (Å²) < 4.78 is 11.3. The highest BCUT2D eigenvalue weighted by Crippen LogP contribution is 2.16. The molecule has 0 aromatic carbocycles. The van der Waals surface area contributed by atoms with Gasteiger partial charge in [0, 0.05) is 25.2 Å². The fraction of sp³-hybridized carbons (Fsp3) is 0.750. The summed E-state index contributed by atoms with van der Waals surface area (Å²) in [5, 5.41) is 2.99. The molecule has 1 unspecified atom stereocenters.